The number of rotatable bonds is 2. The molecule has 0 spiro atoms. The van der Waals surface area contributed by atoms with Crippen molar-refractivity contribution >= 4 is 0 Å². The normalized spacial score (nSPS) is 29.5. The third kappa shape index (κ3) is 2.21. The van der Waals surface area contributed by atoms with Gasteiger partial charge >= 0.3 is 0 Å². The van der Waals surface area contributed by atoms with Gasteiger partial charge in [0.05, 0.1) is 6.54 Å². The molecule has 2 saturated heterocycles. The number of nitrogens with one attached hydrogen (secondary N) is 1. The first kappa shape index (κ1) is 11.2. The van der Waals surface area contributed by atoms with Crippen LogP contribution in [0, 0.1) is 6.92 Å². The van der Waals surface area contributed by atoms with Crippen molar-refractivity contribution in [3.05, 3.63) is 11.6 Å². The Morgan fingerprint density at radius 2 is 2.06 bits per heavy atom. The summed E-state index contributed by atoms with van der Waals surface area (Å²) in [6.07, 6.45) is 3.97. The summed E-state index contributed by atoms with van der Waals surface area (Å²) < 4.78 is 2.09. The van der Waals surface area contributed by atoms with E-state index in [2.05, 4.69) is 25.0 Å². The van der Waals surface area contributed by atoms with E-state index in [0.717, 1.165) is 30.8 Å². The largest absolute Gasteiger partial charge is 0.317 e. The van der Waals surface area contributed by atoms with Gasteiger partial charge in [0.1, 0.15) is 11.6 Å². The molecular formula is C12H21N5. The zero-order chi connectivity index (χ0) is 11.8. The Balaban J connectivity index is 1.67. The third-order valence-corrected chi connectivity index (χ3v) is 4.16. The van der Waals surface area contributed by atoms with Gasteiger partial charge in [-0.3, -0.25) is 4.90 Å². The van der Waals surface area contributed by atoms with Gasteiger partial charge in [0.25, 0.3) is 0 Å². The van der Waals surface area contributed by atoms with E-state index in [0.29, 0.717) is 6.04 Å². The molecule has 0 aliphatic carbocycles. The molecule has 3 rings (SSSR count). The van der Waals surface area contributed by atoms with Crippen LogP contribution in [0.2, 0.25) is 0 Å². The van der Waals surface area contributed by atoms with Crippen LogP contribution < -0.4 is 5.32 Å². The van der Waals surface area contributed by atoms with Crippen molar-refractivity contribution in [2.45, 2.75) is 44.8 Å². The van der Waals surface area contributed by atoms with E-state index in [1.165, 1.54) is 25.8 Å². The summed E-state index contributed by atoms with van der Waals surface area (Å²) in [4.78, 5) is 2.51. The van der Waals surface area contributed by atoms with E-state index in [4.69, 9.17) is 0 Å². The van der Waals surface area contributed by atoms with Crippen molar-refractivity contribution in [1.82, 2.24) is 25.0 Å². The fourth-order valence-electron chi connectivity index (χ4n) is 2.95. The van der Waals surface area contributed by atoms with Crippen molar-refractivity contribution in [2.24, 2.45) is 7.05 Å². The molecule has 1 N–H and O–H groups in total. The zero-order valence-corrected chi connectivity index (χ0v) is 10.7. The molecule has 0 saturated carbocycles. The monoisotopic (exact) mass is 235 g/mol. The molecule has 0 radical (unpaired) electrons. The van der Waals surface area contributed by atoms with Crippen LogP contribution in [-0.2, 0) is 13.6 Å². The number of hydrogen-bond donors (Lipinski definition) is 1. The van der Waals surface area contributed by atoms with Gasteiger partial charge in [0.2, 0.25) is 0 Å². The molecule has 2 fully saturated rings. The van der Waals surface area contributed by atoms with Crippen LogP contribution in [0.5, 0.6) is 0 Å². The number of likely N-dealkylation sites (tertiary alicyclic amines) is 1. The first-order valence-corrected chi connectivity index (χ1v) is 6.55. The van der Waals surface area contributed by atoms with Crippen LogP contribution >= 0.6 is 0 Å². The second kappa shape index (κ2) is 4.38. The molecule has 2 aliphatic rings. The number of fused-ring (bicyclic) bond motifs is 2. The summed E-state index contributed by atoms with van der Waals surface area (Å²) in [5.74, 6) is 2.08. The smallest absolute Gasteiger partial charge is 0.146 e. The van der Waals surface area contributed by atoms with Gasteiger partial charge in [-0.2, -0.15) is 0 Å². The van der Waals surface area contributed by atoms with E-state index < -0.39 is 0 Å². The molecule has 2 bridgehead atoms. The zero-order valence-electron chi connectivity index (χ0n) is 10.7. The second-order valence-corrected chi connectivity index (χ2v) is 5.38. The molecule has 1 aromatic heterocycles. The second-order valence-electron chi connectivity index (χ2n) is 5.38. The Hall–Kier alpha value is -0.940. The average Bonchev–Trinajstić information content (AvgIpc) is 2.79. The van der Waals surface area contributed by atoms with Crippen molar-refractivity contribution in [1.29, 1.82) is 0 Å². The van der Waals surface area contributed by atoms with E-state index in [1.807, 2.05) is 14.0 Å². The summed E-state index contributed by atoms with van der Waals surface area (Å²) in [6.45, 7) is 5.27. The van der Waals surface area contributed by atoms with Crippen molar-refractivity contribution < 1.29 is 0 Å². The van der Waals surface area contributed by atoms with Gasteiger partial charge in [-0.15, -0.1) is 10.2 Å². The van der Waals surface area contributed by atoms with Gasteiger partial charge in [0.15, 0.2) is 0 Å². The summed E-state index contributed by atoms with van der Waals surface area (Å²) in [7, 11) is 2.05. The minimum Gasteiger partial charge on any atom is -0.317 e. The molecule has 2 atom stereocenters. The molecular weight excluding hydrogens is 214 g/mol. The van der Waals surface area contributed by atoms with Crippen molar-refractivity contribution in [3.8, 4) is 0 Å². The van der Waals surface area contributed by atoms with Gasteiger partial charge in [-0.25, -0.2) is 0 Å². The number of aryl methyl sites for hydroxylation is 1. The van der Waals surface area contributed by atoms with Gasteiger partial charge in [0, 0.05) is 32.2 Å². The van der Waals surface area contributed by atoms with Crippen molar-refractivity contribution in [3.63, 3.8) is 0 Å². The van der Waals surface area contributed by atoms with E-state index in [1.54, 1.807) is 0 Å². The van der Waals surface area contributed by atoms with Crippen LogP contribution in [0.15, 0.2) is 0 Å². The standard InChI is InChI=1S/C12H21N5/c1-9-14-15-12(16(9)2)8-17-6-5-10-3-4-11(7-17)13-10/h10-11,13H,3-8H2,1-2H3. The minimum absolute atomic E-state index is 0.692. The van der Waals surface area contributed by atoms with Gasteiger partial charge < -0.3 is 9.88 Å². The Labute approximate surface area is 102 Å². The maximum absolute atomic E-state index is 4.25. The lowest BCUT2D eigenvalue weighted by atomic mass is 10.1. The van der Waals surface area contributed by atoms with Gasteiger partial charge in [-0.1, -0.05) is 0 Å². The molecule has 1 aromatic rings. The Bertz CT molecular complexity index is 400. The molecule has 94 valence electrons. The molecule has 5 nitrogen and oxygen atoms in total. The Morgan fingerprint density at radius 1 is 1.24 bits per heavy atom. The Morgan fingerprint density at radius 3 is 2.82 bits per heavy atom. The molecule has 0 aromatic carbocycles. The number of aromatic nitrogens is 3. The molecule has 5 heteroatoms. The topological polar surface area (TPSA) is 46.0 Å². The van der Waals surface area contributed by atoms with E-state index in [9.17, 15) is 0 Å². The molecule has 3 heterocycles. The highest BCUT2D eigenvalue weighted by Crippen LogP contribution is 2.21. The maximum Gasteiger partial charge on any atom is 0.146 e. The van der Waals surface area contributed by atoms with E-state index >= 15 is 0 Å². The highest BCUT2D eigenvalue weighted by molar-refractivity contribution is 4.95. The lowest BCUT2D eigenvalue weighted by Crippen LogP contribution is -2.35. The molecule has 2 aliphatic heterocycles. The fraction of sp³-hybridized carbons (Fsp3) is 0.833. The summed E-state index contributed by atoms with van der Waals surface area (Å²) >= 11 is 0. The quantitative estimate of drug-likeness (QED) is 0.808. The average molecular weight is 235 g/mol. The van der Waals surface area contributed by atoms with Crippen LogP contribution in [0.25, 0.3) is 0 Å². The summed E-state index contributed by atoms with van der Waals surface area (Å²) in [5.41, 5.74) is 0. The van der Waals surface area contributed by atoms with Crippen LogP contribution in [-0.4, -0.2) is 44.8 Å². The van der Waals surface area contributed by atoms with E-state index in [-0.39, 0.29) is 0 Å². The lowest BCUT2D eigenvalue weighted by molar-refractivity contribution is 0.242. The fourth-order valence-corrected chi connectivity index (χ4v) is 2.95. The highest BCUT2D eigenvalue weighted by atomic mass is 15.3. The van der Waals surface area contributed by atoms with Crippen molar-refractivity contribution in [2.75, 3.05) is 13.1 Å². The number of hydrogen-bond acceptors (Lipinski definition) is 4. The molecule has 17 heavy (non-hydrogen) atoms. The summed E-state index contributed by atoms with van der Waals surface area (Å²) in [6, 6.07) is 1.45. The third-order valence-electron chi connectivity index (χ3n) is 4.16. The van der Waals surface area contributed by atoms with Crippen LogP contribution in [0.1, 0.15) is 30.9 Å². The predicted molar refractivity (Wildman–Crippen MR) is 65.6 cm³/mol. The lowest BCUT2D eigenvalue weighted by Gasteiger charge is -2.23. The molecule has 0 amide bonds. The first-order valence-electron chi connectivity index (χ1n) is 6.55. The number of nitrogens with zero attached hydrogens (tertiary/aromatic N) is 4. The summed E-state index contributed by atoms with van der Waals surface area (Å²) in [5, 5.41) is 12.1. The Kier molecular flexibility index (Phi) is 2.88. The van der Waals surface area contributed by atoms with Crippen LogP contribution in [0.4, 0.5) is 0 Å². The molecule has 2 unspecified atom stereocenters. The van der Waals surface area contributed by atoms with Gasteiger partial charge in [-0.05, 0) is 26.2 Å². The minimum atomic E-state index is 0.692. The maximum atomic E-state index is 4.25. The SMILES string of the molecule is Cc1nnc(CN2CCC3CCC(C2)N3)n1C. The first-order chi connectivity index (χ1) is 8.22. The van der Waals surface area contributed by atoms with Crippen LogP contribution in [0.3, 0.4) is 0 Å². The predicted octanol–water partition coefficient (Wildman–Crippen LogP) is 0.450. The highest BCUT2D eigenvalue weighted by Gasteiger charge is 2.29.